The summed E-state index contributed by atoms with van der Waals surface area (Å²) < 4.78 is 5.22. The zero-order valence-electron chi connectivity index (χ0n) is 9.32. The van der Waals surface area contributed by atoms with Crippen LogP contribution in [-0.2, 0) is 0 Å². The molecule has 2 N–H and O–H groups in total. The number of rotatable bonds is 2. The first-order valence-corrected chi connectivity index (χ1v) is 5.53. The van der Waals surface area contributed by atoms with Crippen LogP contribution in [-0.4, -0.2) is 19.7 Å². The minimum absolute atomic E-state index is 0.306. The van der Waals surface area contributed by atoms with Crippen LogP contribution in [0.3, 0.4) is 0 Å². The third kappa shape index (κ3) is 2.33. The average Bonchev–Trinajstić information content (AvgIpc) is 2.83. The Balaban J connectivity index is 2.19. The fraction of sp³-hybridized carbons (Fsp3) is 0.417. The molecule has 1 unspecified atom stereocenters. The van der Waals surface area contributed by atoms with Crippen molar-refractivity contribution in [3.05, 3.63) is 29.8 Å². The van der Waals surface area contributed by atoms with E-state index in [-0.39, 0.29) is 0 Å². The van der Waals surface area contributed by atoms with Crippen LogP contribution >= 0.6 is 0 Å². The van der Waals surface area contributed by atoms with Crippen molar-refractivity contribution in [2.75, 3.05) is 13.6 Å². The van der Waals surface area contributed by atoms with Crippen LogP contribution in [0.4, 0.5) is 4.79 Å². The number of amides is 1. The standard InChI is InChI=1S/C12H16N2O2/c1-13-12(15)16-11-7-3-2-5-9(11)10-6-4-8-14-10/h2-3,5,7,10,14H,4,6,8H2,1H3,(H,13,15). The molecule has 0 spiro atoms. The molecular weight excluding hydrogens is 204 g/mol. The number of para-hydroxylation sites is 1. The minimum Gasteiger partial charge on any atom is -0.410 e. The van der Waals surface area contributed by atoms with Gasteiger partial charge in [0.1, 0.15) is 5.75 Å². The Morgan fingerprint density at radius 3 is 3.00 bits per heavy atom. The molecule has 1 heterocycles. The molecule has 1 amide bonds. The second kappa shape index (κ2) is 4.99. The largest absolute Gasteiger partial charge is 0.412 e. The lowest BCUT2D eigenvalue weighted by Crippen LogP contribution is -2.23. The highest BCUT2D eigenvalue weighted by Gasteiger charge is 2.20. The van der Waals surface area contributed by atoms with E-state index < -0.39 is 6.09 Å². The summed E-state index contributed by atoms with van der Waals surface area (Å²) in [4.78, 5) is 11.2. The summed E-state index contributed by atoms with van der Waals surface area (Å²) >= 11 is 0. The lowest BCUT2D eigenvalue weighted by Gasteiger charge is -2.15. The molecule has 86 valence electrons. The molecule has 0 bridgehead atoms. The Morgan fingerprint density at radius 2 is 2.31 bits per heavy atom. The molecule has 4 nitrogen and oxygen atoms in total. The average molecular weight is 220 g/mol. The van der Waals surface area contributed by atoms with Crippen LogP contribution in [0.25, 0.3) is 0 Å². The van der Waals surface area contributed by atoms with Crippen LogP contribution in [0.5, 0.6) is 5.75 Å². The first-order valence-electron chi connectivity index (χ1n) is 5.53. The number of ether oxygens (including phenoxy) is 1. The Bertz CT molecular complexity index is 373. The first kappa shape index (κ1) is 11.0. The molecular formula is C12H16N2O2. The molecule has 1 fully saturated rings. The number of carbonyl (C=O) groups excluding carboxylic acids is 1. The molecule has 1 aliphatic heterocycles. The van der Waals surface area contributed by atoms with Gasteiger partial charge in [-0.05, 0) is 25.5 Å². The van der Waals surface area contributed by atoms with Crippen molar-refractivity contribution in [2.24, 2.45) is 0 Å². The van der Waals surface area contributed by atoms with Crippen molar-refractivity contribution in [3.63, 3.8) is 0 Å². The first-order chi connectivity index (χ1) is 7.81. The van der Waals surface area contributed by atoms with Gasteiger partial charge in [0.2, 0.25) is 0 Å². The molecule has 0 radical (unpaired) electrons. The van der Waals surface area contributed by atoms with Crippen LogP contribution in [0.15, 0.2) is 24.3 Å². The number of benzene rings is 1. The number of hydrogen-bond acceptors (Lipinski definition) is 3. The van der Waals surface area contributed by atoms with Crippen molar-refractivity contribution in [3.8, 4) is 5.75 Å². The van der Waals surface area contributed by atoms with Crippen molar-refractivity contribution in [1.29, 1.82) is 0 Å². The molecule has 0 aliphatic carbocycles. The topological polar surface area (TPSA) is 50.4 Å². The fourth-order valence-electron chi connectivity index (χ4n) is 1.96. The van der Waals surface area contributed by atoms with Gasteiger partial charge in [-0.25, -0.2) is 4.79 Å². The second-order valence-electron chi connectivity index (χ2n) is 3.83. The maximum atomic E-state index is 11.2. The summed E-state index contributed by atoms with van der Waals surface area (Å²) in [6, 6.07) is 7.97. The van der Waals surface area contributed by atoms with E-state index in [0.717, 1.165) is 18.5 Å². The summed E-state index contributed by atoms with van der Waals surface area (Å²) in [5.74, 6) is 0.640. The molecule has 1 aliphatic rings. The fourth-order valence-corrected chi connectivity index (χ4v) is 1.96. The third-order valence-electron chi connectivity index (χ3n) is 2.76. The summed E-state index contributed by atoms with van der Waals surface area (Å²) in [5, 5.41) is 5.84. The van der Waals surface area contributed by atoms with Gasteiger partial charge < -0.3 is 15.4 Å². The molecule has 1 saturated heterocycles. The van der Waals surface area contributed by atoms with E-state index in [1.54, 1.807) is 7.05 Å². The maximum absolute atomic E-state index is 11.2. The number of hydrogen-bond donors (Lipinski definition) is 2. The van der Waals surface area contributed by atoms with Crippen LogP contribution in [0.1, 0.15) is 24.4 Å². The molecule has 1 atom stereocenters. The quantitative estimate of drug-likeness (QED) is 0.799. The predicted molar refractivity (Wildman–Crippen MR) is 61.5 cm³/mol. The van der Waals surface area contributed by atoms with Crippen molar-refractivity contribution >= 4 is 6.09 Å². The van der Waals surface area contributed by atoms with Gasteiger partial charge in [0, 0.05) is 18.7 Å². The third-order valence-corrected chi connectivity index (χ3v) is 2.76. The van der Waals surface area contributed by atoms with Crippen molar-refractivity contribution in [1.82, 2.24) is 10.6 Å². The summed E-state index contributed by atoms with van der Waals surface area (Å²) in [6.07, 6.45) is 1.83. The van der Waals surface area contributed by atoms with Gasteiger partial charge in [-0.3, -0.25) is 0 Å². The Labute approximate surface area is 95.0 Å². The van der Waals surface area contributed by atoms with E-state index in [9.17, 15) is 4.79 Å². The maximum Gasteiger partial charge on any atom is 0.412 e. The monoisotopic (exact) mass is 220 g/mol. The van der Waals surface area contributed by atoms with Crippen molar-refractivity contribution < 1.29 is 9.53 Å². The Morgan fingerprint density at radius 1 is 1.50 bits per heavy atom. The molecule has 16 heavy (non-hydrogen) atoms. The minimum atomic E-state index is -0.426. The van der Waals surface area contributed by atoms with Crippen LogP contribution in [0, 0.1) is 0 Å². The normalized spacial score (nSPS) is 19.4. The van der Waals surface area contributed by atoms with Crippen molar-refractivity contribution in [2.45, 2.75) is 18.9 Å². The molecule has 1 aromatic rings. The van der Waals surface area contributed by atoms with Gasteiger partial charge >= 0.3 is 6.09 Å². The SMILES string of the molecule is CNC(=O)Oc1ccccc1C1CCCN1. The molecule has 0 aromatic heterocycles. The van der Waals surface area contributed by atoms with Gasteiger partial charge in [0.25, 0.3) is 0 Å². The van der Waals surface area contributed by atoms with Gasteiger partial charge in [-0.1, -0.05) is 18.2 Å². The van der Waals surface area contributed by atoms with Gasteiger partial charge in [-0.15, -0.1) is 0 Å². The molecule has 1 aromatic carbocycles. The van der Waals surface area contributed by atoms with E-state index in [1.165, 1.54) is 6.42 Å². The molecule has 0 saturated carbocycles. The Hall–Kier alpha value is -1.55. The lowest BCUT2D eigenvalue weighted by molar-refractivity contribution is 0.202. The number of nitrogens with one attached hydrogen (secondary N) is 2. The van der Waals surface area contributed by atoms with Gasteiger partial charge in [0.05, 0.1) is 0 Å². The predicted octanol–water partition coefficient (Wildman–Crippen LogP) is 1.83. The van der Waals surface area contributed by atoms with E-state index in [1.807, 2.05) is 24.3 Å². The summed E-state index contributed by atoms with van der Waals surface area (Å²) in [7, 11) is 1.55. The smallest absolute Gasteiger partial charge is 0.410 e. The van der Waals surface area contributed by atoms with Gasteiger partial charge in [0.15, 0.2) is 0 Å². The van der Waals surface area contributed by atoms with E-state index in [2.05, 4.69) is 10.6 Å². The van der Waals surface area contributed by atoms with E-state index >= 15 is 0 Å². The summed E-state index contributed by atoms with van der Waals surface area (Å²) in [5.41, 5.74) is 1.06. The summed E-state index contributed by atoms with van der Waals surface area (Å²) in [6.45, 7) is 1.03. The van der Waals surface area contributed by atoms with Crippen LogP contribution in [0.2, 0.25) is 0 Å². The second-order valence-corrected chi connectivity index (χ2v) is 3.83. The highest BCUT2D eigenvalue weighted by atomic mass is 16.6. The lowest BCUT2D eigenvalue weighted by atomic mass is 10.0. The molecule has 2 rings (SSSR count). The molecule has 4 heteroatoms. The van der Waals surface area contributed by atoms with E-state index in [0.29, 0.717) is 11.8 Å². The highest BCUT2D eigenvalue weighted by molar-refractivity contribution is 5.70. The van der Waals surface area contributed by atoms with E-state index in [4.69, 9.17) is 4.74 Å². The zero-order chi connectivity index (χ0) is 11.4. The van der Waals surface area contributed by atoms with Gasteiger partial charge in [-0.2, -0.15) is 0 Å². The van der Waals surface area contributed by atoms with Crippen LogP contribution < -0.4 is 15.4 Å². The highest BCUT2D eigenvalue weighted by Crippen LogP contribution is 2.30. The number of carbonyl (C=O) groups is 1. The zero-order valence-corrected chi connectivity index (χ0v) is 9.32. The Kier molecular flexibility index (Phi) is 3.41.